The Labute approximate surface area is 179 Å². The number of piperidine rings is 1. The van der Waals surface area contributed by atoms with Crippen LogP contribution in [0.3, 0.4) is 0 Å². The van der Waals surface area contributed by atoms with Gasteiger partial charge in [0.15, 0.2) is 0 Å². The molecular formula is C21H27ClF2N4O2. The number of anilines is 1. The number of rotatable bonds is 8. The molecule has 2 aromatic rings. The Kier molecular flexibility index (Phi) is 7.57. The first kappa shape index (κ1) is 22.8. The summed E-state index contributed by atoms with van der Waals surface area (Å²) in [6, 6.07) is 2.99. The molecule has 0 radical (unpaired) electrons. The van der Waals surface area contributed by atoms with Gasteiger partial charge < -0.3 is 15.5 Å². The highest BCUT2D eigenvalue weighted by Crippen LogP contribution is 2.31. The molecule has 164 valence electrons. The monoisotopic (exact) mass is 440 g/mol. The maximum Gasteiger partial charge on any atom is 0.149 e. The number of aliphatic hydroxyl groups excluding tert-OH is 2. The van der Waals surface area contributed by atoms with E-state index < -0.39 is 18.1 Å². The summed E-state index contributed by atoms with van der Waals surface area (Å²) in [5.74, 6) is -0.485. The van der Waals surface area contributed by atoms with Gasteiger partial charge in [-0.05, 0) is 43.9 Å². The molecule has 0 spiro atoms. The van der Waals surface area contributed by atoms with Crippen LogP contribution in [0.1, 0.15) is 31.7 Å². The van der Waals surface area contributed by atoms with Crippen LogP contribution in [-0.4, -0.2) is 63.1 Å². The van der Waals surface area contributed by atoms with Crippen LogP contribution in [0.25, 0.3) is 11.3 Å². The fourth-order valence-corrected chi connectivity index (χ4v) is 3.72. The van der Waals surface area contributed by atoms with Gasteiger partial charge in [0.2, 0.25) is 0 Å². The molecule has 9 heteroatoms. The van der Waals surface area contributed by atoms with Crippen LogP contribution < -0.4 is 5.32 Å². The van der Waals surface area contributed by atoms with Crippen molar-refractivity contribution in [3.63, 3.8) is 0 Å². The summed E-state index contributed by atoms with van der Waals surface area (Å²) in [5, 5.41) is 21.7. The summed E-state index contributed by atoms with van der Waals surface area (Å²) in [5.41, 5.74) is 0.410. The maximum absolute atomic E-state index is 14.9. The smallest absolute Gasteiger partial charge is 0.149 e. The summed E-state index contributed by atoms with van der Waals surface area (Å²) >= 11 is 6.01. The molecule has 3 heterocycles. The van der Waals surface area contributed by atoms with Gasteiger partial charge in [-0.25, -0.2) is 13.8 Å². The van der Waals surface area contributed by atoms with Crippen molar-refractivity contribution in [1.82, 2.24) is 14.9 Å². The van der Waals surface area contributed by atoms with E-state index in [4.69, 9.17) is 21.8 Å². The molecule has 3 rings (SSSR count). The molecule has 0 saturated carbocycles. The van der Waals surface area contributed by atoms with E-state index in [1.54, 1.807) is 12.3 Å². The van der Waals surface area contributed by atoms with Crippen molar-refractivity contribution in [2.75, 3.05) is 31.6 Å². The Morgan fingerprint density at radius 3 is 2.60 bits per heavy atom. The summed E-state index contributed by atoms with van der Waals surface area (Å²) in [6.45, 7) is 2.93. The molecule has 1 aliphatic rings. The Balaban J connectivity index is 1.76. The molecule has 0 aliphatic carbocycles. The van der Waals surface area contributed by atoms with E-state index in [0.29, 0.717) is 42.9 Å². The van der Waals surface area contributed by atoms with E-state index in [9.17, 15) is 8.78 Å². The van der Waals surface area contributed by atoms with Gasteiger partial charge in [-0.2, -0.15) is 0 Å². The van der Waals surface area contributed by atoms with E-state index in [2.05, 4.69) is 15.3 Å². The van der Waals surface area contributed by atoms with Crippen LogP contribution in [0.4, 0.5) is 14.5 Å². The number of alkyl halides is 1. The summed E-state index contributed by atoms with van der Waals surface area (Å²) in [4.78, 5) is 10.4. The van der Waals surface area contributed by atoms with Crippen LogP contribution in [0, 0.1) is 5.82 Å². The minimum absolute atomic E-state index is 0.0297. The van der Waals surface area contributed by atoms with Crippen LogP contribution in [-0.2, 0) is 6.54 Å². The quantitative estimate of drug-likeness (QED) is 0.546. The molecule has 30 heavy (non-hydrogen) atoms. The normalized spacial score (nSPS) is 17.7. The van der Waals surface area contributed by atoms with Gasteiger partial charge in [0, 0.05) is 55.9 Å². The summed E-state index contributed by atoms with van der Waals surface area (Å²) in [7, 11) is 0. The minimum Gasteiger partial charge on any atom is -0.396 e. The number of likely N-dealkylation sites (tertiary alicyclic amines) is 1. The molecule has 1 atom stereocenters. The average molecular weight is 441 g/mol. The third-order valence-electron chi connectivity index (χ3n) is 5.43. The van der Waals surface area contributed by atoms with Crippen molar-refractivity contribution >= 4 is 17.3 Å². The maximum atomic E-state index is 14.9. The van der Waals surface area contributed by atoms with E-state index in [1.165, 1.54) is 12.3 Å². The first-order valence-corrected chi connectivity index (χ1v) is 10.4. The Hall–Kier alpha value is -1.87. The fraction of sp³-hybridized carbons (Fsp3) is 0.524. The van der Waals surface area contributed by atoms with E-state index in [1.807, 2.05) is 11.8 Å². The third kappa shape index (κ3) is 5.63. The molecule has 0 bridgehead atoms. The molecule has 1 saturated heterocycles. The highest BCUT2D eigenvalue weighted by molar-refractivity contribution is 6.29. The third-order valence-corrected chi connectivity index (χ3v) is 5.64. The van der Waals surface area contributed by atoms with Crippen molar-refractivity contribution in [1.29, 1.82) is 0 Å². The van der Waals surface area contributed by atoms with Crippen LogP contribution in [0.5, 0.6) is 0 Å². The Bertz CT molecular complexity index is 863. The van der Waals surface area contributed by atoms with Crippen molar-refractivity contribution < 1.29 is 19.0 Å². The van der Waals surface area contributed by atoms with E-state index in [-0.39, 0.29) is 36.3 Å². The number of hydrogen-bond donors (Lipinski definition) is 3. The molecule has 0 aromatic carbocycles. The Morgan fingerprint density at radius 1 is 1.23 bits per heavy atom. The minimum atomic E-state index is -1.51. The topological polar surface area (TPSA) is 81.5 Å². The second-order valence-corrected chi connectivity index (χ2v) is 8.26. The number of pyridine rings is 2. The zero-order valence-electron chi connectivity index (χ0n) is 16.9. The van der Waals surface area contributed by atoms with Gasteiger partial charge in [0.1, 0.15) is 22.3 Å². The SMILES string of the molecule is C[C@@H](CCO)Nc1cc(Cl)ncc1-c1ncc(CN2CCC(F)(CO)CC2)cc1F. The largest absolute Gasteiger partial charge is 0.396 e. The number of halogens is 3. The second-order valence-electron chi connectivity index (χ2n) is 7.87. The molecule has 1 fully saturated rings. The molecule has 6 nitrogen and oxygen atoms in total. The molecule has 0 amide bonds. The van der Waals surface area contributed by atoms with Gasteiger partial charge >= 0.3 is 0 Å². The fourth-order valence-electron chi connectivity index (χ4n) is 3.56. The van der Waals surface area contributed by atoms with Crippen LogP contribution >= 0.6 is 11.6 Å². The highest BCUT2D eigenvalue weighted by Gasteiger charge is 2.33. The highest BCUT2D eigenvalue weighted by atomic mass is 35.5. The standard InChI is InChI=1S/C21H27ClF2N4O2/c1-14(2-7-29)27-18-9-19(22)25-11-16(18)20-17(23)8-15(10-26-20)12-28-5-3-21(24,13-30)4-6-28/h8-11,14,29-30H,2-7,12-13H2,1H3,(H,25,27)/t14-/m0/s1. The molecule has 3 N–H and O–H groups in total. The second kappa shape index (κ2) is 9.96. The number of nitrogens with zero attached hydrogens (tertiary/aromatic N) is 3. The lowest BCUT2D eigenvalue weighted by atomic mass is 9.94. The Morgan fingerprint density at radius 2 is 1.97 bits per heavy atom. The molecule has 2 aromatic heterocycles. The first-order valence-electron chi connectivity index (χ1n) is 10.0. The van der Waals surface area contributed by atoms with Crippen LogP contribution in [0.15, 0.2) is 24.5 Å². The van der Waals surface area contributed by atoms with Crippen molar-refractivity contribution in [3.05, 3.63) is 41.1 Å². The average Bonchev–Trinajstić information content (AvgIpc) is 2.71. The van der Waals surface area contributed by atoms with Gasteiger partial charge in [0.05, 0.1) is 6.61 Å². The number of hydrogen-bond acceptors (Lipinski definition) is 6. The summed E-state index contributed by atoms with van der Waals surface area (Å²) in [6.07, 6.45) is 4.13. The van der Waals surface area contributed by atoms with Gasteiger partial charge in [-0.1, -0.05) is 11.6 Å². The zero-order chi connectivity index (χ0) is 21.7. The van der Waals surface area contributed by atoms with Crippen LogP contribution in [0.2, 0.25) is 5.15 Å². The number of aliphatic hydroxyl groups is 2. The zero-order valence-corrected chi connectivity index (χ0v) is 17.7. The van der Waals surface area contributed by atoms with E-state index >= 15 is 0 Å². The predicted octanol–water partition coefficient (Wildman–Crippen LogP) is 3.42. The number of aromatic nitrogens is 2. The molecule has 1 aliphatic heterocycles. The lowest BCUT2D eigenvalue weighted by Gasteiger charge is -2.35. The van der Waals surface area contributed by atoms with Gasteiger partial charge in [-0.15, -0.1) is 0 Å². The van der Waals surface area contributed by atoms with Crippen molar-refractivity contribution in [2.24, 2.45) is 0 Å². The van der Waals surface area contributed by atoms with Gasteiger partial charge in [0.25, 0.3) is 0 Å². The molecule has 0 unspecified atom stereocenters. The number of nitrogens with one attached hydrogen (secondary N) is 1. The van der Waals surface area contributed by atoms with Gasteiger partial charge in [-0.3, -0.25) is 9.88 Å². The first-order chi connectivity index (χ1) is 14.3. The lowest BCUT2D eigenvalue weighted by Crippen LogP contribution is -2.43. The summed E-state index contributed by atoms with van der Waals surface area (Å²) < 4.78 is 29.1. The molecular weight excluding hydrogens is 414 g/mol. The van der Waals surface area contributed by atoms with Crippen molar-refractivity contribution in [2.45, 2.75) is 44.4 Å². The van der Waals surface area contributed by atoms with E-state index in [0.717, 1.165) is 0 Å². The lowest BCUT2D eigenvalue weighted by molar-refractivity contribution is 0.00670. The predicted molar refractivity (Wildman–Crippen MR) is 113 cm³/mol. The van der Waals surface area contributed by atoms with Crippen molar-refractivity contribution in [3.8, 4) is 11.3 Å².